The molecular formula is C15H21ClFNO2. The summed E-state index contributed by atoms with van der Waals surface area (Å²) in [6.45, 7) is 4.86. The van der Waals surface area contributed by atoms with Crippen molar-refractivity contribution in [1.82, 2.24) is 5.32 Å². The molecule has 0 aromatic heterocycles. The number of nitrogens with one attached hydrogen (secondary N) is 1. The van der Waals surface area contributed by atoms with Crippen LogP contribution in [0.3, 0.4) is 0 Å². The van der Waals surface area contributed by atoms with Crippen LogP contribution in [-0.2, 0) is 15.9 Å². The van der Waals surface area contributed by atoms with Crippen molar-refractivity contribution in [3.8, 4) is 0 Å². The van der Waals surface area contributed by atoms with Crippen molar-refractivity contribution >= 4 is 11.6 Å². The Kier molecular flexibility index (Phi) is 6.23. The van der Waals surface area contributed by atoms with Crippen LogP contribution in [0, 0.1) is 5.82 Å². The highest BCUT2D eigenvalue weighted by Crippen LogP contribution is 2.18. The molecule has 1 fully saturated rings. The molecule has 1 saturated heterocycles. The van der Waals surface area contributed by atoms with Gasteiger partial charge < -0.3 is 14.8 Å². The van der Waals surface area contributed by atoms with Gasteiger partial charge in [-0.15, -0.1) is 0 Å². The topological polar surface area (TPSA) is 30.5 Å². The third-order valence-corrected chi connectivity index (χ3v) is 3.69. The van der Waals surface area contributed by atoms with E-state index in [-0.39, 0.29) is 23.0 Å². The first kappa shape index (κ1) is 15.7. The van der Waals surface area contributed by atoms with E-state index in [1.165, 1.54) is 6.07 Å². The molecule has 2 rings (SSSR count). The largest absolute Gasteiger partial charge is 0.376 e. The molecule has 112 valence electrons. The first-order valence-corrected chi connectivity index (χ1v) is 7.45. The van der Waals surface area contributed by atoms with Crippen molar-refractivity contribution in [3.05, 3.63) is 34.6 Å². The van der Waals surface area contributed by atoms with E-state index in [1.54, 1.807) is 6.07 Å². The van der Waals surface area contributed by atoms with E-state index in [4.69, 9.17) is 21.1 Å². The van der Waals surface area contributed by atoms with Crippen LogP contribution in [0.2, 0.25) is 5.02 Å². The van der Waals surface area contributed by atoms with Gasteiger partial charge in [-0.05, 0) is 37.1 Å². The number of rotatable bonds is 6. The lowest BCUT2D eigenvalue weighted by Gasteiger charge is -2.31. The fourth-order valence-corrected chi connectivity index (χ4v) is 2.44. The molecule has 1 aromatic rings. The molecule has 3 nitrogen and oxygen atoms in total. The summed E-state index contributed by atoms with van der Waals surface area (Å²) in [7, 11) is 0. The lowest BCUT2D eigenvalue weighted by atomic mass is 10.0. The predicted octanol–water partition coefficient (Wildman–Crippen LogP) is 2.81. The van der Waals surface area contributed by atoms with E-state index in [0.717, 1.165) is 18.5 Å². The second-order valence-electron chi connectivity index (χ2n) is 5.00. The van der Waals surface area contributed by atoms with E-state index in [2.05, 4.69) is 12.2 Å². The van der Waals surface area contributed by atoms with Crippen LogP contribution in [-0.4, -0.2) is 38.5 Å². The van der Waals surface area contributed by atoms with E-state index in [9.17, 15) is 4.39 Å². The second kappa shape index (κ2) is 7.93. The normalized spacial score (nSPS) is 20.9. The lowest BCUT2D eigenvalue weighted by Crippen LogP contribution is -2.48. The van der Waals surface area contributed by atoms with Gasteiger partial charge in [0.05, 0.1) is 30.9 Å². The van der Waals surface area contributed by atoms with E-state index >= 15 is 0 Å². The third-order valence-electron chi connectivity index (χ3n) is 3.39. The van der Waals surface area contributed by atoms with Gasteiger partial charge in [0.15, 0.2) is 0 Å². The SMILES string of the molecule is CCCNC(Cc1ccc(Cl)c(F)c1)C1COCCO1. The summed E-state index contributed by atoms with van der Waals surface area (Å²) < 4.78 is 24.7. The van der Waals surface area contributed by atoms with Gasteiger partial charge in [0, 0.05) is 6.04 Å². The Balaban J connectivity index is 2.03. The Hall–Kier alpha value is -0.680. The zero-order chi connectivity index (χ0) is 14.4. The Bertz CT molecular complexity index is 424. The highest BCUT2D eigenvalue weighted by Gasteiger charge is 2.25. The molecule has 1 aromatic carbocycles. The highest BCUT2D eigenvalue weighted by atomic mass is 35.5. The quantitative estimate of drug-likeness (QED) is 0.876. The van der Waals surface area contributed by atoms with Crippen LogP contribution in [0.25, 0.3) is 0 Å². The van der Waals surface area contributed by atoms with Crippen LogP contribution in [0.5, 0.6) is 0 Å². The summed E-state index contributed by atoms with van der Waals surface area (Å²) in [6, 6.07) is 5.07. The molecule has 2 unspecified atom stereocenters. The Morgan fingerprint density at radius 1 is 1.45 bits per heavy atom. The molecule has 0 radical (unpaired) electrons. The maximum absolute atomic E-state index is 13.5. The minimum absolute atomic E-state index is 0.00837. The van der Waals surface area contributed by atoms with Crippen LogP contribution in [0.4, 0.5) is 4.39 Å². The molecule has 0 amide bonds. The summed E-state index contributed by atoms with van der Waals surface area (Å²) >= 11 is 5.71. The molecule has 1 aliphatic rings. The molecule has 5 heteroatoms. The maximum atomic E-state index is 13.5. The monoisotopic (exact) mass is 301 g/mol. The van der Waals surface area contributed by atoms with Gasteiger partial charge in [0.2, 0.25) is 0 Å². The lowest BCUT2D eigenvalue weighted by molar-refractivity contribution is -0.101. The first-order chi connectivity index (χ1) is 9.70. The smallest absolute Gasteiger partial charge is 0.142 e. The maximum Gasteiger partial charge on any atom is 0.142 e. The van der Waals surface area contributed by atoms with Crippen molar-refractivity contribution < 1.29 is 13.9 Å². The van der Waals surface area contributed by atoms with Crippen molar-refractivity contribution in [2.24, 2.45) is 0 Å². The second-order valence-corrected chi connectivity index (χ2v) is 5.40. The van der Waals surface area contributed by atoms with E-state index < -0.39 is 0 Å². The molecule has 0 aliphatic carbocycles. The number of ether oxygens (including phenoxy) is 2. The standard InChI is InChI=1S/C15H21ClFNO2/c1-2-5-18-14(15-10-19-6-7-20-15)9-11-3-4-12(16)13(17)8-11/h3-4,8,14-15,18H,2,5-7,9-10H2,1H3. The molecule has 0 spiro atoms. The molecule has 1 aliphatic heterocycles. The minimum Gasteiger partial charge on any atom is -0.376 e. The number of benzene rings is 1. The summed E-state index contributed by atoms with van der Waals surface area (Å²) in [4.78, 5) is 0. The van der Waals surface area contributed by atoms with Gasteiger partial charge in [-0.25, -0.2) is 4.39 Å². The molecule has 1 heterocycles. The average molecular weight is 302 g/mol. The Morgan fingerprint density at radius 3 is 2.95 bits per heavy atom. The van der Waals surface area contributed by atoms with Gasteiger partial charge >= 0.3 is 0 Å². The molecule has 0 saturated carbocycles. The first-order valence-electron chi connectivity index (χ1n) is 7.07. The summed E-state index contributed by atoms with van der Waals surface area (Å²) in [6.07, 6.45) is 1.75. The summed E-state index contributed by atoms with van der Waals surface area (Å²) in [5.41, 5.74) is 0.912. The van der Waals surface area contributed by atoms with Gasteiger partial charge in [0.25, 0.3) is 0 Å². The highest BCUT2D eigenvalue weighted by molar-refractivity contribution is 6.30. The van der Waals surface area contributed by atoms with Crippen molar-refractivity contribution in [2.45, 2.75) is 31.9 Å². The summed E-state index contributed by atoms with van der Waals surface area (Å²) in [5, 5.41) is 3.62. The fourth-order valence-electron chi connectivity index (χ4n) is 2.32. The molecule has 2 atom stereocenters. The fraction of sp³-hybridized carbons (Fsp3) is 0.600. The summed E-state index contributed by atoms with van der Waals surface area (Å²) in [5.74, 6) is -0.376. The molecule has 1 N–H and O–H groups in total. The van der Waals surface area contributed by atoms with Crippen molar-refractivity contribution in [2.75, 3.05) is 26.4 Å². The molecular weight excluding hydrogens is 281 g/mol. The van der Waals surface area contributed by atoms with Gasteiger partial charge in [-0.2, -0.15) is 0 Å². The van der Waals surface area contributed by atoms with Crippen molar-refractivity contribution in [1.29, 1.82) is 0 Å². The Labute approximate surface area is 124 Å². The average Bonchev–Trinajstić information content (AvgIpc) is 2.48. The predicted molar refractivity (Wildman–Crippen MR) is 77.8 cm³/mol. The molecule has 0 bridgehead atoms. The van der Waals surface area contributed by atoms with Crippen LogP contribution in [0.15, 0.2) is 18.2 Å². The van der Waals surface area contributed by atoms with E-state index in [1.807, 2.05) is 6.07 Å². The number of halogens is 2. The third kappa shape index (κ3) is 4.42. The Morgan fingerprint density at radius 2 is 2.30 bits per heavy atom. The van der Waals surface area contributed by atoms with Crippen LogP contribution in [0.1, 0.15) is 18.9 Å². The number of hydrogen-bond acceptors (Lipinski definition) is 3. The van der Waals surface area contributed by atoms with E-state index in [0.29, 0.717) is 26.2 Å². The zero-order valence-electron chi connectivity index (χ0n) is 11.7. The molecule has 20 heavy (non-hydrogen) atoms. The van der Waals surface area contributed by atoms with Crippen molar-refractivity contribution in [3.63, 3.8) is 0 Å². The van der Waals surface area contributed by atoms with Gasteiger partial charge in [-0.3, -0.25) is 0 Å². The van der Waals surface area contributed by atoms with Gasteiger partial charge in [-0.1, -0.05) is 24.6 Å². The minimum atomic E-state index is -0.376. The van der Waals surface area contributed by atoms with Crippen LogP contribution >= 0.6 is 11.6 Å². The number of hydrogen-bond donors (Lipinski definition) is 1. The van der Waals surface area contributed by atoms with Gasteiger partial charge in [0.1, 0.15) is 5.82 Å². The van der Waals surface area contributed by atoms with Crippen LogP contribution < -0.4 is 5.32 Å². The zero-order valence-corrected chi connectivity index (χ0v) is 12.5.